The van der Waals surface area contributed by atoms with Crippen LogP contribution in [0.25, 0.3) is 15.3 Å². The lowest BCUT2D eigenvalue weighted by Gasteiger charge is -2.11. The molecule has 1 amide bonds. The molecule has 4 aromatic rings. The number of hydrogen-bond acceptors (Lipinski definition) is 7. The lowest BCUT2D eigenvalue weighted by Crippen LogP contribution is -2.24. The number of thioether (sulfide) groups is 1. The molecule has 0 spiro atoms. The number of thiophene rings is 1. The fourth-order valence-electron chi connectivity index (χ4n) is 3.10. The lowest BCUT2D eigenvalue weighted by atomic mass is 10.2. The standard InChI is InChI=1S/C18H22N6OS3/c1-11(2)10-24-14(21-22-18(24)26-3)5-4-6-19-15(25)13-9-12-16(28-13)20-17-23(12)7-8-27-17/h7-9,11H,4-6,10H2,1-3H3,(H,19,25). The van der Waals surface area contributed by atoms with E-state index in [1.54, 1.807) is 23.1 Å². The van der Waals surface area contributed by atoms with Crippen LogP contribution in [0.5, 0.6) is 0 Å². The molecule has 10 heteroatoms. The Morgan fingerprint density at radius 1 is 1.36 bits per heavy atom. The Morgan fingerprint density at radius 2 is 2.21 bits per heavy atom. The van der Waals surface area contributed by atoms with Crippen molar-refractivity contribution in [3.8, 4) is 0 Å². The second kappa shape index (κ2) is 8.22. The van der Waals surface area contributed by atoms with Crippen molar-refractivity contribution in [1.29, 1.82) is 0 Å². The third-order valence-electron chi connectivity index (χ3n) is 4.35. The predicted molar refractivity (Wildman–Crippen MR) is 116 cm³/mol. The van der Waals surface area contributed by atoms with Crippen LogP contribution in [0.1, 0.15) is 35.8 Å². The van der Waals surface area contributed by atoms with E-state index in [0.29, 0.717) is 17.3 Å². The first-order valence-corrected chi connectivity index (χ1v) is 12.1. The van der Waals surface area contributed by atoms with Gasteiger partial charge in [0.1, 0.15) is 10.7 Å². The molecule has 0 radical (unpaired) electrons. The summed E-state index contributed by atoms with van der Waals surface area (Å²) in [4.78, 5) is 19.6. The minimum Gasteiger partial charge on any atom is -0.351 e. The summed E-state index contributed by atoms with van der Waals surface area (Å²) in [6.45, 7) is 5.90. The fraction of sp³-hybridized carbons (Fsp3) is 0.444. The maximum atomic E-state index is 12.5. The number of imidazole rings is 1. The Balaban J connectivity index is 1.34. The van der Waals surface area contributed by atoms with E-state index in [0.717, 1.165) is 45.7 Å². The summed E-state index contributed by atoms with van der Waals surface area (Å²) in [7, 11) is 0. The molecule has 0 aliphatic carbocycles. The maximum Gasteiger partial charge on any atom is 0.261 e. The van der Waals surface area contributed by atoms with E-state index in [2.05, 4.69) is 38.9 Å². The highest BCUT2D eigenvalue weighted by Gasteiger charge is 2.15. The molecule has 0 saturated heterocycles. The van der Waals surface area contributed by atoms with Crippen LogP contribution in [0.3, 0.4) is 0 Å². The van der Waals surface area contributed by atoms with Gasteiger partial charge in [0, 0.05) is 31.1 Å². The average Bonchev–Trinajstić information content (AvgIpc) is 3.39. The molecule has 4 heterocycles. The minimum absolute atomic E-state index is 0.0413. The van der Waals surface area contributed by atoms with Crippen LogP contribution < -0.4 is 5.32 Å². The highest BCUT2D eigenvalue weighted by molar-refractivity contribution is 7.98. The number of nitrogens with zero attached hydrogens (tertiary/aromatic N) is 5. The Kier molecular flexibility index (Phi) is 5.70. The van der Waals surface area contributed by atoms with Gasteiger partial charge in [-0.25, -0.2) is 4.98 Å². The number of fused-ring (bicyclic) bond motifs is 3. The van der Waals surface area contributed by atoms with Gasteiger partial charge >= 0.3 is 0 Å². The van der Waals surface area contributed by atoms with Gasteiger partial charge < -0.3 is 9.88 Å². The summed E-state index contributed by atoms with van der Waals surface area (Å²) in [5, 5.41) is 14.6. The predicted octanol–water partition coefficient (Wildman–Crippen LogP) is 3.94. The van der Waals surface area contributed by atoms with Gasteiger partial charge in [0.2, 0.25) is 0 Å². The summed E-state index contributed by atoms with van der Waals surface area (Å²) < 4.78 is 4.22. The number of hydrogen-bond donors (Lipinski definition) is 1. The first-order valence-electron chi connectivity index (χ1n) is 9.16. The number of rotatable bonds is 8. The van der Waals surface area contributed by atoms with E-state index < -0.39 is 0 Å². The van der Waals surface area contributed by atoms with E-state index in [-0.39, 0.29) is 5.91 Å². The van der Waals surface area contributed by atoms with E-state index in [9.17, 15) is 4.79 Å². The molecule has 1 N–H and O–H groups in total. The Labute approximate surface area is 175 Å². The highest BCUT2D eigenvalue weighted by atomic mass is 32.2. The van der Waals surface area contributed by atoms with Crippen molar-refractivity contribution in [2.45, 2.75) is 38.4 Å². The summed E-state index contributed by atoms with van der Waals surface area (Å²) in [5.74, 6) is 1.48. The van der Waals surface area contributed by atoms with Crippen molar-refractivity contribution in [2.75, 3.05) is 12.8 Å². The molecular weight excluding hydrogens is 412 g/mol. The molecule has 28 heavy (non-hydrogen) atoms. The molecule has 0 unspecified atom stereocenters. The zero-order valence-corrected chi connectivity index (χ0v) is 18.5. The van der Waals surface area contributed by atoms with Crippen LogP contribution in [0.2, 0.25) is 0 Å². The molecule has 0 aromatic carbocycles. The van der Waals surface area contributed by atoms with Crippen molar-refractivity contribution < 1.29 is 4.79 Å². The second-order valence-electron chi connectivity index (χ2n) is 6.94. The molecule has 0 saturated carbocycles. The highest BCUT2D eigenvalue weighted by Crippen LogP contribution is 2.28. The van der Waals surface area contributed by atoms with Gasteiger partial charge in [0.05, 0.1) is 10.4 Å². The zero-order chi connectivity index (χ0) is 19.7. The summed E-state index contributed by atoms with van der Waals surface area (Å²) >= 11 is 4.65. The normalized spacial score (nSPS) is 11.9. The number of aromatic nitrogens is 5. The molecule has 0 aliphatic heterocycles. The molecular formula is C18H22N6OS3. The minimum atomic E-state index is -0.0413. The molecule has 0 atom stereocenters. The van der Waals surface area contributed by atoms with E-state index in [4.69, 9.17) is 0 Å². The number of nitrogens with one attached hydrogen (secondary N) is 1. The number of amides is 1. The quantitative estimate of drug-likeness (QED) is 0.336. The van der Waals surface area contributed by atoms with Crippen LogP contribution in [0, 0.1) is 5.92 Å². The zero-order valence-electron chi connectivity index (χ0n) is 16.0. The topological polar surface area (TPSA) is 77.1 Å². The van der Waals surface area contributed by atoms with Crippen LogP contribution in [-0.2, 0) is 13.0 Å². The van der Waals surface area contributed by atoms with E-state index in [1.807, 2.05) is 28.3 Å². The van der Waals surface area contributed by atoms with Crippen molar-refractivity contribution >= 4 is 55.7 Å². The summed E-state index contributed by atoms with van der Waals surface area (Å²) in [6, 6.07) is 1.92. The molecule has 0 fully saturated rings. The summed E-state index contributed by atoms with van der Waals surface area (Å²) in [5.41, 5.74) is 0.998. The van der Waals surface area contributed by atoms with E-state index in [1.165, 1.54) is 11.3 Å². The SMILES string of the molecule is CSc1nnc(CCCNC(=O)c2cc3c(nc4sccn43)s2)n1CC(C)C. The number of carbonyl (C=O) groups is 1. The fourth-order valence-corrected chi connectivity index (χ4v) is 5.34. The molecule has 0 aliphatic rings. The average molecular weight is 435 g/mol. The van der Waals surface area contributed by atoms with Gasteiger partial charge in [-0.3, -0.25) is 9.20 Å². The van der Waals surface area contributed by atoms with Gasteiger partial charge in [0.15, 0.2) is 10.1 Å². The van der Waals surface area contributed by atoms with Gasteiger partial charge in [0.25, 0.3) is 5.91 Å². The maximum absolute atomic E-state index is 12.5. The van der Waals surface area contributed by atoms with Crippen molar-refractivity contribution in [3.05, 3.63) is 28.3 Å². The van der Waals surface area contributed by atoms with Gasteiger partial charge in [-0.15, -0.1) is 32.9 Å². The molecule has 148 valence electrons. The Bertz CT molecular complexity index is 1110. The van der Waals surface area contributed by atoms with Gasteiger partial charge in [-0.2, -0.15) is 0 Å². The van der Waals surface area contributed by atoms with Crippen molar-refractivity contribution in [1.82, 2.24) is 29.5 Å². The monoisotopic (exact) mass is 434 g/mol. The molecule has 0 bridgehead atoms. The lowest BCUT2D eigenvalue weighted by molar-refractivity contribution is 0.0957. The van der Waals surface area contributed by atoms with Crippen molar-refractivity contribution in [3.63, 3.8) is 0 Å². The first kappa shape index (κ1) is 19.4. The van der Waals surface area contributed by atoms with Gasteiger partial charge in [-0.05, 0) is 24.7 Å². The van der Waals surface area contributed by atoms with Crippen LogP contribution >= 0.6 is 34.4 Å². The Morgan fingerprint density at radius 3 is 3.00 bits per heavy atom. The third kappa shape index (κ3) is 3.81. The Hall–Kier alpha value is -1.91. The number of carbonyl (C=O) groups excluding carboxylic acids is 1. The first-order chi connectivity index (χ1) is 13.6. The van der Waals surface area contributed by atoms with E-state index >= 15 is 0 Å². The second-order valence-corrected chi connectivity index (χ2v) is 9.61. The molecule has 4 aromatic heterocycles. The summed E-state index contributed by atoms with van der Waals surface area (Å²) in [6.07, 6.45) is 5.63. The van der Waals surface area contributed by atoms with Crippen LogP contribution in [-0.4, -0.2) is 42.9 Å². The number of aryl methyl sites for hydroxylation is 1. The van der Waals surface area contributed by atoms with Crippen LogP contribution in [0.15, 0.2) is 22.8 Å². The smallest absolute Gasteiger partial charge is 0.261 e. The largest absolute Gasteiger partial charge is 0.351 e. The van der Waals surface area contributed by atoms with Crippen LogP contribution in [0.4, 0.5) is 0 Å². The van der Waals surface area contributed by atoms with Gasteiger partial charge in [-0.1, -0.05) is 25.6 Å². The van der Waals surface area contributed by atoms with Crippen molar-refractivity contribution in [2.24, 2.45) is 5.92 Å². The molecule has 4 rings (SSSR count). The molecule has 7 nitrogen and oxygen atoms in total. The third-order valence-corrected chi connectivity index (χ3v) is 6.79. The number of thiazole rings is 1.